The van der Waals surface area contributed by atoms with Crippen LogP contribution in [0, 0.1) is 22.7 Å². The first kappa shape index (κ1) is 18.1. The van der Waals surface area contributed by atoms with Gasteiger partial charge in [-0.15, -0.1) is 0 Å². The topological polar surface area (TPSA) is 84.0 Å². The van der Waals surface area contributed by atoms with E-state index in [0.29, 0.717) is 11.6 Å². The van der Waals surface area contributed by atoms with Gasteiger partial charge in [-0.05, 0) is 88.9 Å². The van der Waals surface area contributed by atoms with Crippen molar-refractivity contribution in [2.45, 2.75) is 77.0 Å². The first-order valence-corrected chi connectivity index (χ1v) is 11.0. The van der Waals surface area contributed by atoms with Gasteiger partial charge < -0.3 is 10.6 Å². The van der Waals surface area contributed by atoms with E-state index in [0.717, 1.165) is 88.9 Å². The van der Waals surface area contributed by atoms with Crippen molar-refractivity contribution in [3.05, 3.63) is 12.4 Å². The van der Waals surface area contributed by atoms with Crippen LogP contribution in [-0.2, 0) is 9.59 Å². The summed E-state index contributed by atoms with van der Waals surface area (Å²) in [5.74, 6) is 2.68. The third-order valence-electron chi connectivity index (χ3n) is 8.27. The molecule has 28 heavy (non-hydrogen) atoms. The molecule has 1 heterocycles. The number of rotatable bonds is 4. The van der Waals surface area contributed by atoms with Crippen molar-refractivity contribution in [1.29, 1.82) is 0 Å². The van der Waals surface area contributed by atoms with Crippen LogP contribution in [0.25, 0.3) is 0 Å². The first-order chi connectivity index (χ1) is 13.6. The van der Waals surface area contributed by atoms with Crippen molar-refractivity contribution >= 4 is 23.5 Å². The molecule has 0 aromatic carbocycles. The molecular weight excluding hydrogens is 352 g/mol. The maximum atomic E-state index is 13.0. The molecule has 6 heteroatoms. The summed E-state index contributed by atoms with van der Waals surface area (Å²) in [5, 5.41) is 5.98. The molecule has 6 saturated carbocycles. The largest absolute Gasteiger partial charge is 0.309 e. The Balaban J connectivity index is 1.26. The highest BCUT2D eigenvalue weighted by Gasteiger charge is 2.47. The van der Waals surface area contributed by atoms with E-state index in [1.54, 1.807) is 12.4 Å². The molecule has 6 aliphatic carbocycles. The molecule has 0 aliphatic heterocycles. The maximum absolute atomic E-state index is 13.0. The van der Waals surface area contributed by atoms with Gasteiger partial charge in [0.15, 0.2) is 11.6 Å². The second-order valence-electron chi connectivity index (χ2n) is 9.72. The Hall–Kier alpha value is -1.98. The summed E-state index contributed by atoms with van der Waals surface area (Å²) in [6, 6.07) is 0. The normalized spacial score (nSPS) is 36.1. The van der Waals surface area contributed by atoms with E-state index in [-0.39, 0.29) is 22.6 Å². The lowest BCUT2D eigenvalue weighted by molar-refractivity contribution is -0.131. The highest BCUT2D eigenvalue weighted by Crippen LogP contribution is 2.51. The van der Waals surface area contributed by atoms with Crippen LogP contribution in [0.3, 0.4) is 0 Å². The molecule has 0 unspecified atom stereocenters. The number of hydrogen-bond donors (Lipinski definition) is 2. The molecule has 150 valence electrons. The first-order valence-electron chi connectivity index (χ1n) is 11.0. The van der Waals surface area contributed by atoms with E-state index in [2.05, 4.69) is 20.6 Å². The monoisotopic (exact) mass is 382 g/mol. The van der Waals surface area contributed by atoms with Crippen LogP contribution in [0.5, 0.6) is 0 Å². The molecule has 7 rings (SSSR count). The van der Waals surface area contributed by atoms with Crippen LogP contribution >= 0.6 is 0 Å². The van der Waals surface area contributed by atoms with E-state index < -0.39 is 0 Å². The lowest BCUT2D eigenvalue weighted by atomic mass is 9.60. The molecule has 6 aliphatic rings. The molecule has 4 bridgehead atoms. The zero-order valence-corrected chi connectivity index (χ0v) is 16.5. The molecule has 0 radical (unpaired) electrons. The predicted molar refractivity (Wildman–Crippen MR) is 107 cm³/mol. The molecule has 0 saturated heterocycles. The lowest BCUT2D eigenvalue weighted by Gasteiger charge is -2.45. The van der Waals surface area contributed by atoms with Crippen LogP contribution < -0.4 is 10.6 Å². The van der Waals surface area contributed by atoms with Gasteiger partial charge >= 0.3 is 0 Å². The number of aromatic nitrogens is 2. The minimum absolute atomic E-state index is 0.0765. The molecular formula is C22H30N4O2. The Bertz CT molecular complexity index is 688. The third-order valence-corrected chi connectivity index (χ3v) is 8.27. The van der Waals surface area contributed by atoms with Gasteiger partial charge in [0.25, 0.3) is 0 Å². The smallest absolute Gasteiger partial charge is 0.231 e. The van der Waals surface area contributed by atoms with Crippen LogP contribution in [0.15, 0.2) is 12.4 Å². The molecule has 2 amide bonds. The number of amides is 2. The molecule has 6 fully saturated rings. The number of hydrogen-bond acceptors (Lipinski definition) is 4. The average Bonchev–Trinajstić information content (AvgIpc) is 2.76. The number of nitrogens with zero attached hydrogens (tertiary/aromatic N) is 2. The number of carbonyl (C=O) groups excluding carboxylic acids is 2. The standard InChI is InChI=1S/C22H30N4O2/c27-19(21-7-1-15(2-8-21)3-9-21)25-17-13-23-14-18(24-17)26-20(28)22-10-4-16(5-11-22)6-12-22/h13-16H,1-12H2,(H2,24,25,26,27,28). The quantitative estimate of drug-likeness (QED) is 0.813. The lowest BCUT2D eigenvalue weighted by Crippen LogP contribution is -2.44. The number of anilines is 2. The van der Waals surface area contributed by atoms with Crippen LogP contribution in [0.2, 0.25) is 0 Å². The van der Waals surface area contributed by atoms with Gasteiger partial charge in [-0.25, -0.2) is 4.98 Å². The predicted octanol–water partition coefficient (Wildman–Crippen LogP) is 4.29. The molecule has 2 N–H and O–H groups in total. The third kappa shape index (κ3) is 3.11. The van der Waals surface area contributed by atoms with Gasteiger partial charge in [-0.1, -0.05) is 0 Å². The van der Waals surface area contributed by atoms with E-state index in [1.807, 2.05) is 0 Å². The summed E-state index contributed by atoms with van der Waals surface area (Å²) in [6.07, 6.45) is 16.0. The summed E-state index contributed by atoms with van der Waals surface area (Å²) in [6.45, 7) is 0. The SMILES string of the molecule is O=C(Nc1cncc(NC(=O)C23CCC(CC2)CC3)n1)C12CCC(CC1)CC2. The van der Waals surface area contributed by atoms with E-state index >= 15 is 0 Å². The number of fused-ring (bicyclic) bond motifs is 6. The average molecular weight is 383 g/mol. The second kappa shape index (κ2) is 6.82. The Labute approximate surface area is 166 Å². The molecule has 1 aromatic heterocycles. The fourth-order valence-electron chi connectivity index (χ4n) is 6.16. The highest BCUT2D eigenvalue weighted by atomic mass is 16.2. The van der Waals surface area contributed by atoms with Crippen molar-refractivity contribution < 1.29 is 9.59 Å². The molecule has 1 aromatic rings. The van der Waals surface area contributed by atoms with E-state index in [4.69, 9.17) is 0 Å². The Morgan fingerprint density at radius 2 is 1.07 bits per heavy atom. The minimum Gasteiger partial charge on any atom is -0.309 e. The van der Waals surface area contributed by atoms with Gasteiger partial charge in [-0.2, -0.15) is 0 Å². The zero-order chi connectivity index (χ0) is 19.2. The van der Waals surface area contributed by atoms with E-state index in [1.165, 1.54) is 0 Å². The number of carbonyl (C=O) groups is 2. The van der Waals surface area contributed by atoms with Crippen LogP contribution in [0.4, 0.5) is 11.6 Å². The summed E-state index contributed by atoms with van der Waals surface area (Å²) >= 11 is 0. The van der Waals surface area contributed by atoms with Gasteiger partial charge in [0, 0.05) is 10.8 Å². The van der Waals surface area contributed by atoms with Gasteiger partial charge in [0.05, 0.1) is 12.4 Å². The van der Waals surface area contributed by atoms with Crippen LogP contribution in [-0.4, -0.2) is 21.8 Å². The fourth-order valence-corrected chi connectivity index (χ4v) is 6.16. The maximum Gasteiger partial charge on any atom is 0.231 e. The summed E-state index contributed by atoms with van der Waals surface area (Å²) < 4.78 is 0. The molecule has 6 nitrogen and oxygen atoms in total. The minimum atomic E-state index is -0.227. The van der Waals surface area contributed by atoms with Crippen molar-refractivity contribution in [2.75, 3.05) is 10.6 Å². The van der Waals surface area contributed by atoms with Crippen molar-refractivity contribution in [2.24, 2.45) is 22.7 Å². The Kier molecular flexibility index (Phi) is 4.40. The number of nitrogens with one attached hydrogen (secondary N) is 2. The van der Waals surface area contributed by atoms with Crippen molar-refractivity contribution in [1.82, 2.24) is 9.97 Å². The van der Waals surface area contributed by atoms with Crippen LogP contribution in [0.1, 0.15) is 77.0 Å². The van der Waals surface area contributed by atoms with Gasteiger partial charge in [0.2, 0.25) is 11.8 Å². The van der Waals surface area contributed by atoms with Gasteiger partial charge in [-0.3, -0.25) is 14.6 Å². The second-order valence-corrected chi connectivity index (χ2v) is 9.72. The van der Waals surface area contributed by atoms with E-state index in [9.17, 15) is 9.59 Å². The van der Waals surface area contributed by atoms with Crippen molar-refractivity contribution in [3.8, 4) is 0 Å². The zero-order valence-electron chi connectivity index (χ0n) is 16.5. The molecule has 0 spiro atoms. The van der Waals surface area contributed by atoms with Gasteiger partial charge in [0.1, 0.15) is 0 Å². The summed E-state index contributed by atoms with van der Waals surface area (Å²) in [4.78, 5) is 34.6. The highest BCUT2D eigenvalue weighted by molar-refractivity contribution is 5.96. The molecule has 0 atom stereocenters. The van der Waals surface area contributed by atoms with Crippen molar-refractivity contribution in [3.63, 3.8) is 0 Å². The summed E-state index contributed by atoms with van der Waals surface area (Å²) in [7, 11) is 0. The Morgan fingerprint density at radius 1 is 0.714 bits per heavy atom. The Morgan fingerprint density at radius 3 is 1.43 bits per heavy atom. The fraction of sp³-hybridized carbons (Fsp3) is 0.727. The summed E-state index contributed by atoms with van der Waals surface area (Å²) in [5.41, 5.74) is -0.454.